The summed E-state index contributed by atoms with van der Waals surface area (Å²) in [6.45, 7) is 2.07. The molecule has 0 saturated carbocycles. The third kappa shape index (κ3) is 3.77. The number of aryl methyl sites for hydroxylation is 1. The maximum Gasteiger partial charge on any atom is 0.296 e. The highest BCUT2D eigenvalue weighted by Crippen LogP contribution is 2.48. The van der Waals surface area contributed by atoms with Crippen LogP contribution in [0.4, 0.5) is 5.13 Å². The highest BCUT2D eigenvalue weighted by molar-refractivity contribution is 7.22. The van der Waals surface area contributed by atoms with Crippen molar-refractivity contribution in [2.24, 2.45) is 0 Å². The van der Waals surface area contributed by atoms with E-state index in [1.807, 2.05) is 18.2 Å². The van der Waals surface area contributed by atoms with Crippen LogP contribution in [0.3, 0.4) is 0 Å². The molecule has 35 heavy (non-hydrogen) atoms. The molecule has 1 amide bonds. The van der Waals surface area contributed by atoms with E-state index in [4.69, 9.17) is 14.5 Å². The Hall–Kier alpha value is -3.69. The number of fused-ring (bicyclic) bond motifs is 1. The summed E-state index contributed by atoms with van der Waals surface area (Å²) in [5, 5.41) is 13.2. The quantitative estimate of drug-likeness (QED) is 0.323. The molecule has 2 aromatic carbocycles. The number of carbonyl (C=O) groups is 2. The van der Waals surface area contributed by atoms with E-state index in [1.54, 1.807) is 35.7 Å². The largest absolute Gasteiger partial charge is 0.503 e. The van der Waals surface area contributed by atoms with E-state index in [0.29, 0.717) is 27.1 Å². The summed E-state index contributed by atoms with van der Waals surface area (Å²) in [7, 11) is 3.01. The number of ketones is 1. The normalized spacial score (nSPS) is 15.8. The average Bonchev–Trinajstić information content (AvgIpc) is 3.61. The zero-order chi connectivity index (χ0) is 24.7. The predicted molar refractivity (Wildman–Crippen MR) is 137 cm³/mol. The Labute approximate surface area is 209 Å². The van der Waals surface area contributed by atoms with E-state index < -0.39 is 23.5 Å². The number of aliphatic hydroxyl groups excluding tert-OH is 1. The Morgan fingerprint density at radius 1 is 1.14 bits per heavy atom. The van der Waals surface area contributed by atoms with Gasteiger partial charge in [0.05, 0.1) is 34.9 Å². The molecular formula is C26H22N2O5S2. The molecule has 0 fully saturated rings. The molecule has 0 saturated heterocycles. The lowest BCUT2D eigenvalue weighted by molar-refractivity contribution is -0.117. The summed E-state index contributed by atoms with van der Waals surface area (Å²) in [5.41, 5.74) is 2.39. The summed E-state index contributed by atoms with van der Waals surface area (Å²) in [5.74, 6) is -0.874. The lowest BCUT2D eigenvalue weighted by atomic mass is 9.94. The number of ether oxygens (including phenoxy) is 2. The van der Waals surface area contributed by atoms with Gasteiger partial charge >= 0.3 is 0 Å². The van der Waals surface area contributed by atoms with Gasteiger partial charge in [-0.05, 0) is 41.6 Å². The van der Waals surface area contributed by atoms with Gasteiger partial charge < -0.3 is 14.6 Å². The van der Waals surface area contributed by atoms with Crippen molar-refractivity contribution < 1.29 is 24.2 Å². The molecule has 178 valence electrons. The Morgan fingerprint density at radius 2 is 1.97 bits per heavy atom. The molecule has 3 heterocycles. The van der Waals surface area contributed by atoms with Gasteiger partial charge in [-0.1, -0.05) is 42.5 Å². The molecule has 1 atom stereocenters. The molecule has 0 aliphatic carbocycles. The first-order chi connectivity index (χ1) is 17.0. The molecule has 1 aliphatic heterocycles. The number of thiophene rings is 1. The first-order valence-corrected chi connectivity index (χ1v) is 12.6. The molecule has 4 aromatic rings. The minimum Gasteiger partial charge on any atom is -0.503 e. The van der Waals surface area contributed by atoms with Crippen LogP contribution in [0.15, 0.2) is 65.2 Å². The molecule has 7 nitrogen and oxygen atoms in total. The van der Waals surface area contributed by atoms with E-state index in [0.717, 1.165) is 22.2 Å². The van der Waals surface area contributed by atoms with Gasteiger partial charge in [0.25, 0.3) is 5.91 Å². The second-order valence-corrected chi connectivity index (χ2v) is 9.84. The number of amides is 1. The molecule has 0 spiro atoms. The van der Waals surface area contributed by atoms with E-state index in [2.05, 4.69) is 6.92 Å². The van der Waals surface area contributed by atoms with Crippen molar-refractivity contribution in [2.45, 2.75) is 19.4 Å². The SMILES string of the molecule is CCc1ccc2nc(N3C(=O)C(O)=C(C(=O)c4cccs4)C3c3cccc(OC)c3OC)sc2c1. The van der Waals surface area contributed by atoms with Crippen LogP contribution < -0.4 is 14.4 Å². The van der Waals surface area contributed by atoms with E-state index in [1.165, 1.54) is 41.8 Å². The number of aromatic nitrogens is 1. The summed E-state index contributed by atoms with van der Waals surface area (Å²) in [4.78, 5) is 33.5. The number of para-hydroxylation sites is 1. The standard InChI is InChI=1S/C26H22N2O5S2/c1-4-14-10-11-16-19(13-14)35-26(27-16)28-21(15-7-5-8-17(32-2)24(15)33-3)20(23(30)25(28)31)22(29)18-9-6-12-34-18/h5-13,21,30H,4H2,1-3H3. The minimum atomic E-state index is -0.951. The number of benzene rings is 2. The maximum absolute atomic E-state index is 13.6. The molecule has 1 aliphatic rings. The van der Waals surface area contributed by atoms with Gasteiger partial charge in [0.2, 0.25) is 5.78 Å². The van der Waals surface area contributed by atoms with Gasteiger partial charge in [-0.2, -0.15) is 0 Å². The van der Waals surface area contributed by atoms with Crippen LogP contribution in [-0.2, 0) is 11.2 Å². The van der Waals surface area contributed by atoms with Crippen molar-refractivity contribution in [3.63, 3.8) is 0 Å². The summed E-state index contributed by atoms with van der Waals surface area (Å²) >= 11 is 2.59. The maximum atomic E-state index is 13.6. The molecule has 1 unspecified atom stereocenters. The predicted octanol–water partition coefficient (Wildman–Crippen LogP) is 5.72. The molecule has 1 N–H and O–H groups in total. The second kappa shape index (κ2) is 9.16. The zero-order valence-electron chi connectivity index (χ0n) is 19.3. The fourth-order valence-electron chi connectivity index (χ4n) is 4.28. The minimum absolute atomic E-state index is 0.0162. The smallest absolute Gasteiger partial charge is 0.296 e. The molecule has 0 radical (unpaired) electrons. The Morgan fingerprint density at radius 3 is 2.66 bits per heavy atom. The van der Waals surface area contributed by atoms with Gasteiger partial charge in [0, 0.05) is 5.56 Å². The van der Waals surface area contributed by atoms with Crippen LogP contribution in [-0.4, -0.2) is 36.0 Å². The molecule has 9 heteroatoms. The van der Waals surface area contributed by atoms with E-state index in [-0.39, 0.29) is 5.57 Å². The molecule has 5 rings (SSSR count). The van der Waals surface area contributed by atoms with Gasteiger partial charge in [-0.3, -0.25) is 14.5 Å². The van der Waals surface area contributed by atoms with Gasteiger partial charge in [0.15, 0.2) is 22.4 Å². The van der Waals surface area contributed by atoms with Crippen molar-refractivity contribution in [3.05, 3.63) is 81.2 Å². The number of nitrogens with zero attached hydrogens (tertiary/aromatic N) is 2. The summed E-state index contributed by atoms with van der Waals surface area (Å²) in [6, 6.07) is 13.7. The van der Waals surface area contributed by atoms with Crippen LogP contribution in [0.1, 0.15) is 33.8 Å². The fraction of sp³-hybridized carbons (Fsp3) is 0.192. The van der Waals surface area contributed by atoms with E-state index in [9.17, 15) is 14.7 Å². The highest BCUT2D eigenvalue weighted by Gasteiger charge is 2.47. The lowest BCUT2D eigenvalue weighted by Crippen LogP contribution is -2.31. The number of hydrogen-bond donors (Lipinski definition) is 1. The van der Waals surface area contributed by atoms with Crippen molar-refractivity contribution in [1.29, 1.82) is 0 Å². The average molecular weight is 507 g/mol. The molecule has 2 aromatic heterocycles. The van der Waals surface area contributed by atoms with Gasteiger partial charge in [-0.25, -0.2) is 4.98 Å². The monoisotopic (exact) mass is 506 g/mol. The first-order valence-electron chi connectivity index (χ1n) is 10.9. The van der Waals surface area contributed by atoms with E-state index >= 15 is 0 Å². The van der Waals surface area contributed by atoms with Gasteiger partial charge in [-0.15, -0.1) is 11.3 Å². The first kappa shape index (κ1) is 23.1. The van der Waals surface area contributed by atoms with Crippen molar-refractivity contribution in [2.75, 3.05) is 19.1 Å². The number of Topliss-reactive ketones (excluding diaryl/α,β-unsaturated/α-hetero) is 1. The lowest BCUT2D eigenvalue weighted by Gasteiger charge is -2.26. The number of rotatable bonds is 7. The topological polar surface area (TPSA) is 89.0 Å². The molecule has 0 bridgehead atoms. The van der Waals surface area contributed by atoms with Crippen LogP contribution in [0.25, 0.3) is 10.2 Å². The van der Waals surface area contributed by atoms with Crippen LogP contribution in [0.5, 0.6) is 11.5 Å². The summed E-state index contributed by atoms with van der Waals surface area (Å²) < 4.78 is 12.0. The van der Waals surface area contributed by atoms with Crippen molar-refractivity contribution in [1.82, 2.24) is 4.98 Å². The number of aliphatic hydroxyl groups is 1. The zero-order valence-corrected chi connectivity index (χ0v) is 20.9. The number of hydrogen-bond acceptors (Lipinski definition) is 8. The number of thiazole rings is 1. The van der Waals surface area contributed by atoms with Crippen LogP contribution in [0.2, 0.25) is 0 Å². The number of methoxy groups -OCH3 is 2. The second-order valence-electron chi connectivity index (χ2n) is 7.88. The Balaban J connectivity index is 1.73. The van der Waals surface area contributed by atoms with Crippen molar-refractivity contribution >= 4 is 49.7 Å². The highest BCUT2D eigenvalue weighted by atomic mass is 32.1. The van der Waals surface area contributed by atoms with Crippen LogP contribution in [0, 0.1) is 0 Å². The fourth-order valence-corrected chi connectivity index (χ4v) is 6.01. The number of anilines is 1. The Bertz CT molecular complexity index is 1470. The summed E-state index contributed by atoms with van der Waals surface area (Å²) in [6.07, 6.45) is 0.872. The number of carbonyl (C=O) groups excluding carboxylic acids is 2. The van der Waals surface area contributed by atoms with Crippen molar-refractivity contribution in [3.8, 4) is 11.5 Å². The van der Waals surface area contributed by atoms with Crippen LogP contribution >= 0.6 is 22.7 Å². The third-order valence-electron chi connectivity index (χ3n) is 5.98. The third-order valence-corrected chi connectivity index (χ3v) is 7.87. The Kier molecular flexibility index (Phi) is 6.04. The van der Waals surface area contributed by atoms with Gasteiger partial charge in [0.1, 0.15) is 6.04 Å². The molecular weight excluding hydrogens is 484 g/mol.